The Morgan fingerprint density at radius 1 is 1.39 bits per heavy atom. The van der Waals surface area contributed by atoms with E-state index in [1.54, 1.807) is 11.9 Å². The minimum absolute atomic E-state index is 0.0781. The first-order valence-electron chi connectivity index (χ1n) is 10.2. The van der Waals surface area contributed by atoms with Gasteiger partial charge >= 0.3 is 6.18 Å². The molecule has 1 heterocycles. The predicted molar refractivity (Wildman–Crippen MR) is 115 cm³/mol. The molecule has 1 aliphatic carbocycles. The zero-order valence-electron chi connectivity index (χ0n) is 18.2. The number of likely N-dealkylation sites (N-methyl/N-ethyl adjacent to an activating group) is 1. The summed E-state index contributed by atoms with van der Waals surface area (Å²) in [7, 11) is 1.70. The summed E-state index contributed by atoms with van der Waals surface area (Å²) in [5, 5.41) is 0. The van der Waals surface area contributed by atoms with E-state index in [0.29, 0.717) is 12.1 Å². The summed E-state index contributed by atoms with van der Waals surface area (Å²) in [6.45, 7) is 6.17. The van der Waals surface area contributed by atoms with Crippen LogP contribution in [0.5, 0.6) is 5.88 Å². The van der Waals surface area contributed by atoms with Crippen molar-refractivity contribution in [2.45, 2.75) is 45.8 Å². The Balaban J connectivity index is 2.15. The maximum absolute atomic E-state index is 13.3. The molecule has 168 valence electrons. The number of carbonyl (C=O) groups excluding carboxylic acids is 1. The third-order valence-electron chi connectivity index (χ3n) is 4.95. The van der Waals surface area contributed by atoms with E-state index in [-0.39, 0.29) is 24.4 Å². The lowest BCUT2D eigenvalue weighted by Gasteiger charge is -2.30. The van der Waals surface area contributed by atoms with Crippen molar-refractivity contribution in [2.24, 2.45) is 4.99 Å². The lowest BCUT2D eigenvalue weighted by atomic mass is 9.92. The van der Waals surface area contributed by atoms with Crippen LogP contribution in [-0.2, 0) is 11.0 Å². The topological polar surface area (TPSA) is 54.8 Å². The number of amides is 1. The molecule has 1 atom stereocenters. The van der Waals surface area contributed by atoms with Gasteiger partial charge in [0.25, 0.3) is 5.91 Å². The number of hydrogen-bond donors (Lipinski definition) is 0. The second-order valence-corrected chi connectivity index (χ2v) is 7.08. The van der Waals surface area contributed by atoms with Gasteiger partial charge in [-0.25, -0.2) is 4.98 Å². The van der Waals surface area contributed by atoms with Gasteiger partial charge in [-0.15, -0.1) is 0 Å². The molecule has 5 nitrogen and oxygen atoms in total. The fraction of sp³-hybridized carbons (Fsp3) is 0.435. The highest BCUT2D eigenvalue weighted by Crippen LogP contribution is 2.29. The van der Waals surface area contributed by atoms with Crippen LogP contribution in [0.3, 0.4) is 0 Å². The smallest absolute Gasteiger partial charge is 0.417 e. The summed E-state index contributed by atoms with van der Waals surface area (Å²) in [5.74, 6) is -0.0510. The second kappa shape index (κ2) is 10.9. The number of aromatic nitrogens is 1. The highest BCUT2D eigenvalue weighted by atomic mass is 19.4. The van der Waals surface area contributed by atoms with Crippen LogP contribution < -0.4 is 4.74 Å². The summed E-state index contributed by atoms with van der Waals surface area (Å²) in [6.07, 6.45) is 5.45. The fourth-order valence-corrected chi connectivity index (χ4v) is 3.34. The number of allylic oxidation sites excluding steroid dienone is 4. The van der Waals surface area contributed by atoms with Gasteiger partial charge in [0, 0.05) is 31.4 Å². The van der Waals surface area contributed by atoms with Crippen LogP contribution in [0.1, 0.15) is 39.2 Å². The molecule has 0 fully saturated rings. The zero-order chi connectivity index (χ0) is 23.0. The van der Waals surface area contributed by atoms with Crippen LogP contribution in [0, 0.1) is 0 Å². The standard InChI is InChI=1S/C23H28F3N3O2/c1-5-9-20(27-4)18-10-7-8-11-19(18)22(30)29(6-2)16(3)15-31-21-13-12-17(14-28-21)23(24,25)26/h5,8-9,11-14,16H,6-7,10,15H2,1-4H3/b9-5-,27-20?/t16-/m0/s1. The number of hydrogen-bond acceptors (Lipinski definition) is 4. The van der Waals surface area contributed by atoms with E-state index >= 15 is 0 Å². The Morgan fingerprint density at radius 3 is 2.68 bits per heavy atom. The van der Waals surface area contributed by atoms with Crippen LogP contribution in [0.15, 0.2) is 58.8 Å². The Hall–Kier alpha value is -2.90. The van der Waals surface area contributed by atoms with Gasteiger partial charge in [-0.3, -0.25) is 9.79 Å². The van der Waals surface area contributed by atoms with Gasteiger partial charge in [-0.05, 0) is 51.3 Å². The molecule has 0 N–H and O–H groups in total. The molecule has 0 unspecified atom stereocenters. The number of halogens is 3. The van der Waals surface area contributed by atoms with Crippen molar-refractivity contribution >= 4 is 11.6 Å². The molecule has 1 aromatic heterocycles. The van der Waals surface area contributed by atoms with E-state index in [1.807, 2.05) is 45.1 Å². The first kappa shape index (κ1) is 24.4. The van der Waals surface area contributed by atoms with Gasteiger partial charge < -0.3 is 9.64 Å². The minimum Gasteiger partial charge on any atom is -0.475 e. The van der Waals surface area contributed by atoms with Crippen molar-refractivity contribution in [1.29, 1.82) is 0 Å². The molecule has 0 aliphatic heterocycles. The van der Waals surface area contributed by atoms with Crippen LogP contribution in [0.4, 0.5) is 13.2 Å². The van der Waals surface area contributed by atoms with E-state index < -0.39 is 11.7 Å². The van der Waals surface area contributed by atoms with E-state index in [1.165, 1.54) is 6.07 Å². The number of ether oxygens (including phenoxy) is 1. The second-order valence-electron chi connectivity index (χ2n) is 7.08. The van der Waals surface area contributed by atoms with Crippen molar-refractivity contribution in [3.05, 3.63) is 59.3 Å². The monoisotopic (exact) mass is 435 g/mol. The summed E-state index contributed by atoms with van der Waals surface area (Å²) < 4.78 is 43.5. The summed E-state index contributed by atoms with van der Waals surface area (Å²) in [4.78, 5) is 23.0. The Labute approximate surface area is 181 Å². The summed E-state index contributed by atoms with van der Waals surface area (Å²) in [5.41, 5.74) is 1.45. The first-order chi connectivity index (χ1) is 14.7. The highest BCUT2D eigenvalue weighted by molar-refractivity contribution is 6.14. The lowest BCUT2D eigenvalue weighted by molar-refractivity contribution is -0.138. The maximum atomic E-state index is 13.3. The number of aliphatic imine (C=N–C) groups is 1. The Bertz CT molecular complexity index is 884. The van der Waals surface area contributed by atoms with Gasteiger partial charge in [0.05, 0.1) is 17.3 Å². The molecular weight excluding hydrogens is 407 g/mol. The molecule has 0 radical (unpaired) electrons. The van der Waals surface area contributed by atoms with Crippen molar-refractivity contribution in [1.82, 2.24) is 9.88 Å². The largest absolute Gasteiger partial charge is 0.475 e. The Kier molecular flexibility index (Phi) is 8.59. The minimum atomic E-state index is -4.45. The maximum Gasteiger partial charge on any atom is 0.417 e. The van der Waals surface area contributed by atoms with E-state index in [2.05, 4.69) is 9.98 Å². The SMILES string of the molecule is C/C=C\C(=NC)C1=C(C(=O)N(CC)[C@@H](C)COc2ccc(C(F)(F)F)cn2)C=CCC1. The average molecular weight is 435 g/mol. The molecule has 0 bridgehead atoms. The molecule has 31 heavy (non-hydrogen) atoms. The molecule has 2 rings (SSSR count). The van der Waals surface area contributed by atoms with Crippen molar-refractivity contribution < 1.29 is 22.7 Å². The average Bonchev–Trinajstić information content (AvgIpc) is 2.76. The van der Waals surface area contributed by atoms with Gasteiger partial charge in [-0.1, -0.05) is 18.2 Å². The molecular formula is C23H28F3N3O2. The first-order valence-corrected chi connectivity index (χ1v) is 10.2. The van der Waals surface area contributed by atoms with Crippen molar-refractivity contribution in [3.63, 3.8) is 0 Å². The molecule has 0 saturated carbocycles. The molecule has 1 amide bonds. The predicted octanol–water partition coefficient (Wildman–Crippen LogP) is 5.01. The van der Waals surface area contributed by atoms with Gasteiger partial charge in [0.1, 0.15) is 6.61 Å². The zero-order valence-corrected chi connectivity index (χ0v) is 18.2. The van der Waals surface area contributed by atoms with Gasteiger partial charge in [0.15, 0.2) is 0 Å². The molecule has 0 saturated heterocycles. The van der Waals surface area contributed by atoms with Crippen LogP contribution in [-0.4, -0.2) is 47.7 Å². The quantitative estimate of drug-likeness (QED) is 0.540. The summed E-state index contributed by atoms with van der Waals surface area (Å²) in [6, 6.07) is 1.79. The fourth-order valence-electron chi connectivity index (χ4n) is 3.34. The Morgan fingerprint density at radius 2 is 2.13 bits per heavy atom. The van der Waals surface area contributed by atoms with Crippen LogP contribution >= 0.6 is 0 Å². The number of rotatable bonds is 8. The van der Waals surface area contributed by atoms with E-state index in [4.69, 9.17) is 4.74 Å². The van der Waals surface area contributed by atoms with Crippen molar-refractivity contribution in [3.8, 4) is 5.88 Å². The molecule has 1 aliphatic rings. The molecule has 8 heteroatoms. The number of carbonyl (C=O) groups is 1. The van der Waals surface area contributed by atoms with Crippen molar-refractivity contribution in [2.75, 3.05) is 20.2 Å². The van der Waals surface area contributed by atoms with E-state index in [9.17, 15) is 18.0 Å². The lowest BCUT2D eigenvalue weighted by Crippen LogP contribution is -2.43. The molecule has 0 aromatic carbocycles. The number of alkyl halides is 3. The normalized spacial score (nSPS) is 16.0. The highest BCUT2D eigenvalue weighted by Gasteiger charge is 2.31. The summed E-state index contributed by atoms with van der Waals surface area (Å²) >= 11 is 0. The third kappa shape index (κ3) is 6.29. The third-order valence-corrected chi connectivity index (χ3v) is 4.95. The van der Waals surface area contributed by atoms with Gasteiger partial charge in [0.2, 0.25) is 5.88 Å². The van der Waals surface area contributed by atoms with E-state index in [0.717, 1.165) is 36.4 Å². The van der Waals surface area contributed by atoms with Crippen LogP contribution in [0.25, 0.3) is 0 Å². The van der Waals surface area contributed by atoms with Gasteiger partial charge in [-0.2, -0.15) is 13.2 Å². The molecule has 0 spiro atoms. The number of nitrogens with zero attached hydrogens (tertiary/aromatic N) is 3. The van der Waals surface area contributed by atoms with Crippen LogP contribution in [0.2, 0.25) is 0 Å². The number of pyridine rings is 1. The molecule has 1 aromatic rings.